The largest absolute Gasteiger partial charge is 0.338 e. The second-order valence-corrected chi connectivity index (χ2v) is 4.36. The summed E-state index contributed by atoms with van der Waals surface area (Å²) in [6.45, 7) is 6.91. The number of amides is 1. The number of nitrogens with one attached hydrogen (secondary N) is 1. The summed E-state index contributed by atoms with van der Waals surface area (Å²) < 4.78 is 0. The molecule has 1 saturated heterocycles. The smallest absolute Gasteiger partial charge is 0.242 e. The van der Waals surface area contributed by atoms with Crippen LogP contribution in [-0.4, -0.2) is 36.0 Å². The zero-order chi connectivity index (χ0) is 10.1. The Morgan fingerprint density at radius 3 is 2.54 bits per heavy atom. The molecule has 76 valence electrons. The Bertz CT molecular complexity index is 201. The molecule has 3 heteroatoms. The van der Waals surface area contributed by atoms with Crippen molar-refractivity contribution in [1.29, 1.82) is 0 Å². The van der Waals surface area contributed by atoms with Crippen LogP contribution in [0.5, 0.6) is 0 Å². The molecule has 1 atom stereocenters. The van der Waals surface area contributed by atoms with Gasteiger partial charge in [0.2, 0.25) is 5.91 Å². The first kappa shape index (κ1) is 10.5. The Balaban J connectivity index is 2.66. The molecule has 0 bridgehead atoms. The minimum Gasteiger partial charge on any atom is -0.338 e. The maximum Gasteiger partial charge on any atom is 0.242 e. The van der Waals surface area contributed by atoms with Gasteiger partial charge >= 0.3 is 0 Å². The summed E-state index contributed by atoms with van der Waals surface area (Å²) in [5, 5.41) is 3.05. The molecule has 1 N–H and O–H groups in total. The second-order valence-electron chi connectivity index (χ2n) is 4.36. The number of likely N-dealkylation sites (N-methyl/N-ethyl adjacent to an activating group) is 1. The number of rotatable bonds is 2. The highest BCUT2D eigenvalue weighted by Gasteiger charge is 2.34. The van der Waals surface area contributed by atoms with E-state index < -0.39 is 5.54 Å². The van der Waals surface area contributed by atoms with Crippen LogP contribution in [0.2, 0.25) is 0 Å². The lowest BCUT2D eigenvalue weighted by Gasteiger charge is -2.31. The first-order valence-electron chi connectivity index (χ1n) is 4.99. The zero-order valence-corrected chi connectivity index (χ0v) is 9.05. The SMILES string of the molecule is CNC(C)(C)C(=O)N1CCCC1C. The van der Waals surface area contributed by atoms with E-state index in [0.29, 0.717) is 6.04 Å². The third-order valence-corrected chi connectivity index (χ3v) is 2.97. The molecule has 0 aromatic carbocycles. The van der Waals surface area contributed by atoms with Crippen LogP contribution in [-0.2, 0) is 4.79 Å². The van der Waals surface area contributed by atoms with Crippen LogP contribution in [0.1, 0.15) is 33.6 Å². The van der Waals surface area contributed by atoms with Crippen molar-refractivity contribution in [1.82, 2.24) is 10.2 Å². The Morgan fingerprint density at radius 1 is 1.54 bits per heavy atom. The van der Waals surface area contributed by atoms with Crippen molar-refractivity contribution in [2.75, 3.05) is 13.6 Å². The molecule has 1 fully saturated rings. The molecule has 13 heavy (non-hydrogen) atoms. The Kier molecular flexibility index (Phi) is 2.96. The maximum atomic E-state index is 12.0. The molecule has 3 nitrogen and oxygen atoms in total. The van der Waals surface area contributed by atoms with Crippen molar-refractivity contribution in [2.45, 2.75) is 45.2 Å². The molecule has 0 aromatic heterocycles. The number of nitrogens with zero attached hydrogens (tertiary/aromatic N) is 1. The highest BCUT2D eigenvalue weighted by Crippen LogP contribution is 2.20. The van der Waals surface area contributed by atoms with Crippen molar-refractivity contribution in [3.63, 3.8) is 0 Å². The Morgan fingerprint density at radius 2 is 2.15 bits per heavy atom. The van der Waals surface area contributed by atoms with E-state index in [2.05, 4.69) is 12.2 Å². The molecule has 0 spiro atoms. The first-order valence-corrected chi connectivity index (χ1v) is 4.99. The van der Waals surface area contributed by atoms with E-state index in [1.54, 1.807) is 0 Å². The maximum absolute atomic E-state index is 12.0. The fraction of sp³-hybridized carbons (Fsp3) is 0.900. The van der Waals surface area contributed by atoms with E-state index in [1.165, 1.54) is 0 Å². The van der Waals surface area contributed by atoms with Gasteiger partial charge in [-0.15, -0.1) is 0 Å². The minimum atomic E-state index is -0.418. The van der Waals surface area contributed by atoms with Gasteiger partial charge in [-0.3, -0.25) is 4.79 Å². The van der Waals surface area contributed by atoms with E-state index in [1.807, 2.05) is 25.8 Å². The van der Waals surface area contributed by atoms with Gasteiger partial charge in [-0.25, -0.2) is 0 Å². The van der Waals surface area contributed by atoms with Crippen molar-refractivity contribution in [3.05, 3.63) is 0 Å². The second kappa shape index (κ2) is 3.66. The van der Waals surface area contributed by atoms with E-state index in [9.17, 15) is 4.79 Å². The lowest BCUT2D eigenvalue weighted by molar-refractivity contribution is -0.137. The predicted molar refractivity (Wildman–Crippen MR) is 53.5 cm³/mol. The van der Waals surface area contributed by atoms with Gasteiger partial charge in [-0.1, -0.05) is 0 Å². The van der Waals surface area contributed by atoms with Crippen molar-refractivity contribution in [2.24, 2.45) is 0 Å². The lowest BCUT2D eigenvalue weighted by atomic mass is 10.0. The number of carbonyl (C=O) groups is 1. The average molecular weight is 184 g/mol. The van der Waals surface area contributed by atoms with Gasteiger partial charge in [0, 0.05) is 12.6 Å². The van der Waals surface area contributed by atoms with Crippen LogP contribution >= 0.6 is 0 Å². The predicted octanol–water partition coefficient (Wildman–Crippen LogP) is 0.995. The average Bonchev–Trinajstić information content (AvgIpc) is 2.50. The van der Waals surface area contributed by atoms with E-state index in [0.717, 1.165) is 19.4 Å². The minimum absolute atomic E-state index is 0.222. The number of hydrogen-bond acceptors (Lipinski definition) is 2. The van der Waals surface area contributed by atoms with E-state index in [-0.39, 0.29) is 5.91 Å². The quantitative estimate of drug-likeness (QED) is 0.694. The monoisotopic (exact) mass is 184 g/mol. The van der Waals surface area contributed by atoms with Crippen LogP contribution in [0.4, 0.5) is 0 Å². The van der Waals surface area contributed by atoms with Crippen LogP contribution in [0.15, 0.2) is 0 Å². The number of carbonyl (C=O) groups excluding carboxylic acids is 1. The summed E-state index contributed by atoms with van der Waals surface area (Å²) in [5.41, 5.74) is -0.418. The topological polar surface area (TPSA) is 32.3 Å². The molecule has 0 aromatic rings. The molecule has 1 heterocycles. The Hall–Kier alpha value is -0.570. The summed E-state index contributed by atoms with van der Waals surface area (Å²) in [6, 6.07) is 0.417. The highest BCUT2D eigenvalue weighted by molar-refractivity contribution is 5.85. The van der Waals surface area contributed by atoms with Gasteiger partial charge in [0.1, 0.15) is 0 Å². The zero-order valence-electron chi connectivity index (χ0n) is 9.05. The number of likely N-dealkylation sites (tertiary alicyclic amines) is 1. The molecule has 1 aliphatic rings. The first-order chi connectivity index (χ1) is 5.99. The summed E-state index contributed by atoms with van der Waals surface area (Å²) in [4.78, 5) is 14.0. The van der Waals surface area contributed by atoms with Gasteiger partial charge in [0.05, 0.1) is 5.54 Å². The van der Waals surface area contributed by atoms with Crippen LogP contribution in [0, 0.1) is 0 Å². The Labute approximate surface area is 80.5 Å². The normalized spacial score (nSPS) is 23.7. The van der Waals surface area contributed by atoms with Gasteiger partial charge in [-0.05, 0) is 40.7 Å². The third-order valence-electron chi connectivity index (χ3n) is 2.97. The van der Waals surface area contributed by atoms with Crippen molar-refractivity contribution >= 4 is 5.91 Å². The van der Waals surface area contributed by atoms with Crippen LogP contribution < -0.4 is 5.32 Å². The van der Waals surface area contributed by atoms with Gasteiger partial charge in [0.25, 0.3) is 0 Å². The lowest BCUT2D eigenvalue weighted by Crippen LogP contribution is -2.53. The van der Waals surface area contributed by atoms with Gasteiger partial charge < -0.3 is 10.2 Å². The van der Waals surface area contributed by atoms with E-state index >= 15 is 0 Å². The molecule has 1 aliphatic heterocycles. The summed E-state index contributed by atoms with van der Waals surface area (Å²) >= 11 is 0. The summed E-state index contributed by atoms with van der Waals surface area (Å²) in [5.74, 6) is 0.222. The molecule has 0 aliphatic carbocycles. The summed E-state index contributed by atoms with van der Waals surface area (Å²) in [7, 11) is 1.83. The molecule has 0 radical (unpaired) electrons. The van der Waals surface area contributed by atoms with Crippen LogP contribution in [0.3, 0.4) is 0 Å². The standard InChI is InChI=1S/C10H20N2O/c1-8-6-5-7-12(8)9(13)10(2,3)11-4/h8,11H,5-7H2,1-4H3. The third kappa shape index (κ3) is 2.02. The van der Waals surface area contributed by atoms with E-state index in [4.69, 9.17) is 0 Å². The molecule has 0 saturated carbocycles. The van der Waals surface area contributed by atoms with Gasteiger partial charge in [0.15, 0.2) is 0 Å². The molecule has 1 unspecified atom stereocenters. The molecule has 1 amide bonds. The molecule has 1 rings (SSSR count). The van der Waals surface area contributed by atoms with Gasteiger partial charge in [-0.2, -0.15) is 0 Å². The molecular formula is C10H20N2O. The van der Waals surface area contributed by atoms with Crippen molar-refractivity contribution in [3.8, 4) is 0 Å². The molecular weight excluding hydrogens is 164 g/mol. The van der Waals surface area contributed by atoms with Crippen LogP contribution in [0.25, 0.3) is 0 Å². The fourth-order valence-electron chi connectivity index (χ4n) is 1.70. The summed E-state index contributed by atoms with van der Waals surface area (Å²) in [6.07, 6.45) is 2.29. The highest BCUT2D eigenvalue weighted by atomic mass is 16.2. The number of hydrogen-bond donors (Lipinski definition) is 1. The fourth-order valence-corrected chi connectivity index (χ4v) is 1.70. The van der Waals surface area contributed by atoms with Crippen molar-refractivity contribution < 1.29 is 4.79 Å².